The summed E-state index contributed by atoms with van der Waals surface area (Å²) in [5.74, 6) is -0.0361. The van der Waals surface area contributed by atoms with Gasteiger partial charge in [-0.05, 0) is 19.1 Å². The molecule has 116 valence electrons. The molecular weight excluding hydrogens is 303 g/mol. The van der Waals surface area contributed by atoms with Gasteiger partial charge in [0, 0.05) is 13.6 Å². The number of carbonyl (C=O) groups excluding carboxylic acids is 1. The summed E-state index contributed by atoms with van der Waals surface area (Å²) in [6.45, 7) is 5.75. The number of amides is 1. The first-order chi connectivity index (χ1) is 10.5. The highest BCUT2D eigenvalue weighted by atomic mass is 32.2. The fourth-order valence-electron chi connectivity index (χ4n) is 1.82. The van der Waals surface area contributed by atoms with Crippen molar-refractivity contribution in [3.63, 3.8) is 0 Å². The third kappa shape index (κ3) is 3.54. The van der Waals surface area contributed by atoms with Crippen molar-refractivity contribution in [1.82, 2.24) is 20.1 Å². The Morgan fingerprint density at radius 3 is 2.91 bits per heavy atom. The number of nitrogens with zero attached hydrogens (tertiary/aromatic N) is 3. The Hall–Kier alpha value is -2.15. The average molecular weight is 320 g/mol. The minimum atomic E-state index is -0.355. The summed E-state index contributed by atoms with van der Waals surface area (Å²) < 4.78 is 15.5. The lowest BCUT2D eigenvalue weighted by atomic mass is 10.2. The second-order valence-electron chi connectivity index (χ2n) is 4.64. The topological polar surface area (TPSA) is 59.8 Å². The van der Waals surface area contributed by atoms with Gasteiger partial charge in [-0.15, -0.1) is 16.8 Å². The maximum absolute atomic E-state index is 13.8. The summed E-state index contributed by atoms with van der Waals surface area (Å²) in [6, 6.07) is 6.39. The minimum absolute atomic E-state index is 0.111. The van der Waals surface area contributed by atoms with Gasteiger partial charge in [0.25, 0.3) is 0 Å². The van der Waals surface area contributed by atoms with Crippen molar-refractivity contribution in [3.8, 4) is 11.4 Å². The van der Waals surface area contributed by atoms with Crippen molar-refractivity contribution in [2.75, 3.05) is 6.54 Å². The van der Waals surface area contributed by atoms with Crippen LogP contribution in [0.25, 0.3) is 11.4 Å². The Balaban J connectivity index is 2.16. The molecule has 22 heavy (non-hydrogen) atoms. The van der Waals surface area contributed by atoms with Crippen molar-refractivity contribution >= 4 is 17.7 Å². The molecule has 1 atom stereocenters. The van der Waals surface area contributed by atoms with Crippen molar-refractivity contribution in [2.24, 2.45) is 7.05 Å². The fourth-order valence-corrected chi connectivity index (χ4v) is 2.66. The molecule has 0 saturated heterocycles. The van der Waals surface area contributed by atoms with E-state index in [4.69, 9.17) is 0 Å². The summed E-state index contributed by atoms with van der Waals surface area (Å²) in [5.41, 5.74) is 0.383. The van der Waals surface area contributed by atoms with Gasteiger partial charge < -0.3 is 9.88 Å². The molecule has 1 aromatic carbocycles. The van der Waals surface area contributed by atoms with Crippen LogP contribution in [-0.2, 0) is 11.8 Å². The van der Waals surface area contributed by atoms with E-state index in [9.17, 15) is 9.18 Å². The molecule has 0 unspecified atom stereocenters. The van der Waals surface area contributed by atoms with E-state index in [2.05, 4.69) is 22.1 Å². The summed E-state index contributed by atoms with van der Waals surface area (Å²) in [7, 11) is 1.75. The molecule has 5 nitrogen and oxygen atoms in total. The second kappa shape index (κ2) is 7.22. The van der Waals surface area contributed by atoms with Gasteiger partial charge in [-0.3, -0.25) is 4.79 Å². The molecule has 0 fully saturated rings. The SMILES string of the molecule is C=CCNC(=O)[C@@H](C)Sc1nnc(-c2ccccc2F)n1C. The van der Waals surface area contributed by atoms with Crippen LogP contribution in [0.3, 0.4) is 0 Å². The summed E-state index contributed by atoms with van der Waals surface area (Å²) in [4.78, 5) is 11.9. The third-order valence-electron chi connectivity index (χ3n) is 3.02. The van der Waals surface area contributed by atoms with E-state index in [1.165, 1.54) is 17.8 Å². The molecule has 2 rings (SSSR count). The molecule has 0 aliphatic carbocycles. The molecule has 0 aliphatic rings. The summed E-state index contributed by atoms with van der Waals surface area (Å²) in [6.07, 6.45) is 1.62. The van der Waals surface area contributed by atoms with Gasteiger partial charge in [-0.25, -0.2) is 4.39 Å². The van der Waals surface area contributed by atoms with Gasteiger partial charge >= 0.3 is 0 Å². The highest BCUT2D eigenvalue weighted by Gasteiger charge is 2.19. The number of carbonyl (C=O) groups is 1. The number of hydrogen-bond acceptors (Lipinski definition) is 4. The quantitative estimate of drug-likeness (QED) is 0.656. The van der Waals surface area contributed by atoms with Crippen LogP contribution in [0.2, 0.25) is 0 Å². The van der Waals surface area contributed by atoms with Crippen molar-refractivity contribution < 1.29 is 9.18 Å². The molecule has 7 heteroatoms. The lowest BCUT2D eigenvalue weighted by molar-refractivity contribution is -0.120. The van der Waals surface area contributed by atoms with Gasteiger partial charge in [-0.2, -0.15) is 0 Å². The Morgan fingerprint density at radius 2 is 2.23 bits per heavy atom. The zero-order valence-corrected chi connectivity index (χ0v) is 13.2. The molecule has 0 spiro atoms. The molecule has 1 heterocycles. The van der Waals surface area contributed by atoms with E-state index in [0.717, 1.165) is 0 Å². The lowest BCUT2D eigenvalue weighted by Crippen LogP contribution is -2.31. The number of hydrogen-bond donors (Lipinski definition) is 1. The predicted molar refractivity (Wildman–Crippen MR) is 84.9 cm³/mol. The minimum Gasteiger partial charge on any atom is -0.352 e. The van der Waals surface area contributed by atoms with Crippen LogP contribution in [-0.4, -0.2) is 32.5 Å². The van der Waals surface area contributed by atoms with Crippen LogP contribution in [0.15, 0.2) is 42.1 Å². The van der Waals surface area contributed by atoms with Crippen molar-refractivity contribution in [1.29, 1.82) is 0 Å². The number of halogens is 1. The molecule has 1 amide bonds. The smallest absolute Gasteiger partial charge is 0.233 e. The van der Waals surface area contributed by atoms with Gasteiger partial charge in [-0.1, -0.05) is 30.0 Å². The maximum Gasteiger partial charge on any atom is 0.233 e. The van der Waals surface area contributed by atoms with E-state index < -0.39 is 0 Å². The molecule has 0 radical (unpaired) electrons. The van der Waals surface area contributed by atoms with E-state index in [1.807, 2.05) is 0 Å². The van der Waals surface area contributed by atoms with E-state index in [-0.39, 0.29) is 17.0 Å². The standard InChI is InChI=1S/C15H17FN4OS/c1-4-9-17-14(21)10(2)22-15-19-18-13(20(15)3)11-7-5-6-8-12(11)16/h4-8,10H,1,9H2,2-3H3,(H,17,21)/t10-/m1/s1. The van der Waals surface area contributed by atoms with Crippen LogP contribution in [0, 0.1) is 5.82 Å². The van der Waals surface area contributed by atoms with Crippen molar-refractivity contribution in [3.05, 3.63) is 42.7 Å². The lowest BCUT2D eigenvalue weighted by Gasteiger charge is -2.10. The van der Waals surface area contributed by atoms with Gasteiger partial charge in [0.1, 0.15) is 5.82 Å². The van der Waals surface area contributed by atoms with E-state index in [0.29, 0.717) is 23.1 Å². The predicted octanol–water partition coefficient (Wildman–Crippen LogP) is 2.40. The number of benzene rings is 1. The normalized spacial score (nSPS) is 12.0. The van der Waals surface area contributed by atoms with Crippen molar-refractivity contribution in [2.45, 2.75) is 17.3 Å². The van der Waals surface area contributed by atoms with Gasteiger partial charge in [0.15, 0.2) is 11.0 Å². The molecule has 1 N–H and O–H groups in total. The molecule has 0 saturated carbocycles. The molecule has 0 bridgehead atoms. The van der Waals surface area contributed by atoms with E-state index in [1.54, 1.807) is 42.8 Å². The first-order valence-electron chi connectivity index (χ1n) is 6.74. The van der Waals surface area contributed by atoms with Gasteiger partial charge in [0.2, 0.25) is 5.91 Å². The maximum atomic E-state index is 13.8. The Bertz CT molecular complexity index is 686. The Kier molecular flexibility index (Phi) is 5.32. The Morgan fingerprint density at radius 1 is 1.50 bits per heavy atom. The zero-order valence-electron chi connectivity index (χ0n) is 12.4. The highest BCUT2D eigenvalue weighted by molar-refractivity contribution is 8.00. The third-order valence-corrected chi connectivity index (χ3v) is 4.16. The molecule has 2 aromatic rings. The van der Waals surface area contributed by atoms with Crippen LogP contribution in [0.5, 0.6) is 0 Å². The summed E-state index contributed by atoms with van der Waals surface area (Å²) in [5, 5.41) is 11.0. The van der Waals surface area contributed by atoms with Crippen LogP contribution >= 0.6 is 11.8 Å². The van der Waals surface area contributed by atoms with Crippen LogP contribution < -0.4 is 5.32 Å². The first kappa shape index (κ1) is 16.2. The van der Waals surface area contributed by atoms with E-state index >= 15 is 0 Å². The highest BCUT2D eigenvalue weighted by Crippen LogP contribution is 2.26. The van der Waals surface area contributed by atoms with Gasteiger partial charge in [0.05, 0.1) is 10.8 Å². The first-order valence-corrected chi connectivity index (χ1v) is 7.62. The van der Waals surface area contributed by atoms with Crippen LogP contribution in [0.1, 0.15) is 6.92 Å². The molecule has 1 aromatic heterocycles. The largest absolute Gasteiger partial charge is 0.352 e. The zero-order chi connectivity index (χ0) is 16.1. The number of aromatic nitrogens is 3. The molecule has 0 aliphatic heterocycles. The average Bonchev–Trinajstić information content (AvgIpc) is 2.86. The van der Waals surface area contributed by atoms with Crippen LogP contribution in [0.4, 0.5) is 4.39 Å². The number of nitrogens with one attached hydrogen (secondary N) is 1. The second-order valence-corrected chi connectivity index (χ2v) is 5.95. The number of thioether (sulfide) groups is 1. The summed E-state index contributed by atoms with van der Waals surface area (Å²) >= 11 is 1.27. The Labute approximate surface area is 132 Å². The fraction of sp³-hybridized carbons (Fsp3) is 0.267. The molecular formula is C15H17FN4OS. The number of rotatable bonds is 6. The monoisotopic (exact) mass is 320 g/mol.